The Morgan fingerprint density at radius 3 is 2.74 bits per heavy atom. The summed E-state index contributed by atoms with van der Waals surface area (Å²) >= 11 is 0. The summed E-state index contributed by atoms with van der Waals surface area (Å²) < 4.78 is 1.47. The summed E-state index contributed by atoms with van der Waals surface area (Å²) in [4.78, 5) is 14.3. The Labute approximate surface area is 113 Å². The molecule has 0 atom stereocenters. The summed E-state index contributed by atoms with van der Waals surface area (Å²) in [6, 6.07) is 0.623. The van der Waals surface area contributed by atoms with Crippen LogP contribution in [0.5, 0.6) is 0 Å². The van der Waals surface area contributed by atoms with Gasteiger partial charge in [-0.25, -0.2) is 4.68 Å². The third kappa shape index (κ3) is 3.73. The van der Waals surface area contributed by atoms with Gasteiger partial charge < -0.3 is 10.6 Å². The molecule has 1 heterocycles. The van der Waals surface area contributed by atoms with Crippen molar-refractivity contribution in [2.75, 3.05) is 6.54 Å². The zero-order valence-corrected chi connectivity index (χ0v) is 11.4. The standard InChI is InChI=1S/C12H22N6O/c1-2-7-18(11-5-3-10(13)4-6-11)12(19)8-17-9-14-15-16-17/h9-11H,2-8,13H2,1H3. The Kier molecular flexibility index (Phi) is 4.84. The summed E-state index contributed by atoms with van der Waals surface area (Å²) in [6.07, 6.45) is 6.44. The summed E-state index contributed by atoms with van der Waals surface area (Å²) in [6.45, 7) is 3.10. The first-order valence-corrected chi connectivity index (χ1v) is 6.96. The van der Waals surface area contributed by atoms with Crippen molar-refractivity contribution < 1.29 is 4.79 Å². The molecule has 0 unspecified atom stereocenters. The van der Waals surface area contributed by atoms with Crippen LogP contribution in [0.4, 0.5) is 0 Å². The molecule has 7 nitrogen and oxygen atoms in total. The molecular weight excluding hydrogens is 244 g/mol. The quantitative estimate of drug-likeness (QED) is 0.821. The van der Waals surface area contributed by atoms with Crippen LogP contribution >= 0.6 is 0 Å². The highest BCUT2D eigenvalue weighted by atomic mass is 16.2. The molecule has 0 saturated heterocycles. The number of rotatable bonds is 5. The molecule has 1 amide bonds. The Hall–Kier alpha value is -1.50. The summed E-state index contributed by atoms with van der Waals surface area (Å²) in [5, 5.41) is 10.8. The molecular formula is C12H22N6O. The molecule has 1 aliphatic rings. The van der Waals surface area contributed by atoms with Gasteiger partial charge in [0.15, 0.2) is 0 Å². The second kappa shape index (κ2) is 6.60. The maximum absolute atomic E-state index is 12.4. The molecule has 1 aromatic heterocycles. The van der Waals surface area contributed by atoms with Gasteiger partial charge in [0.05, 0.1) is 0 Å². The van der Waals surface area contributed by atoms with Crippen molar-refractivity contribution in [3.63, 3.8) is 0 Å². The lowest BCUT2D eigenvalue weighted by Gasteiger charge is -2.36. The Bertz CT molecular complexity index is 385. The van der Waals surface area contributed by atoms with Gasteiger partial charge in [0.25, 0.3) is 0 Å². The van der Waals surface area contributed by atoms with Crippen molar-refractivity contribution in [1.82, 2.24) is 25.1 Å². The molecule has 2 N–H and O–H groups in total. The molecule has 1 fully saturated rings. The van der Waals surface area contributed by atoms with Crippen LogP contribution in [0.1, 0.15) is 39.0 Å². The maximum Gasteiger partial charge on any atom is 0.244 e. The summed E-state index contributed by atoms with van der Waals surface area (Å²) in [7, 11) is 0. The van der Waals surface area contributed by atoms with Gasteiger partial charge in [0, 0.05) is 18.6 Å². The molecule has 0 aromatic carbocycles. The number of nitrogens with zero attached hydrogens (tertiary/aromatic N) is 5. The van der Waals surface area contributed by atoms with Crippen molar-refractivity contribution in [2.24, 2.45) is 5.73 Å². The van der Waals surface area contributed by atoms with Crippen LogP contribution < -0.4 is 5.73 Å². The third-order valence-electron chi connectivity index (χ3n) is 3.66. The highest BCUT2D eigenvalue weighted by Crippen LogP contribution is 2.22. The van der Waals surface area contributed by atoms with E-state index in [9.17, 15) is 4.79 Å². The minimum atomic E-state index is 0.0922. The van der Waals surface area contributed by atoms with E-state index in [2.05, 4.69) is 22.4 Å². The van der Waals surface area contributed by atoms with Gasteiger partial charge in [0.1, 0.15) is 12.9 Å². The van der Waals surface area contributed by atoms with E-state index in [0.717, 1.165) is 38.6 Å². The molecule has 0 radical (unpaired) electrons. The van der Waals surface area contributed by atoms with Crippen LogP contribution in [0.3, 0.4) is 0 Å². The average Bonchev–Trinajstić information content (AvgIpc) is 2.90. The molecule has 2 rings (SSSR count). The highest BCUT2D eigenvalue weighted by molar-refractivity contribution is 5.76. The molecule has 7 heteroatoms. The molecule has 0 spiro atoms. The fourth-order valence-electron chi connectivity index (χ4n) is 2.65. The van der Waals surface area contributed by atoms with Gasteiger partial charge in [-0.1, -0.05) is 6.92 Å². The largest absolute Gasteiger partial charge is 0.338 e. The predicted molar refractivity (Wildman–Crippen MR) is 70.1 cm³/mol. The van der Waals surface area contributed by atoms with E-state index in [-0.39, 0.29) is 12.5 Å². The number of hydrogen-bond donors (Lipinski definition) is 1. The van der Waals surface area contributed by atoms with E-state index in [0.29, 0.717) is 12.1 Å². The Balaban J connectivity index is 1.96. The van der Waals surface area contributed by atoms with Crippen LogP contribution in [-0.4, -0.2) is 49.6 Å². The fraction of sp³-hybridized carbons (Fsp3) is 0.833. The molecule has 0 bridgehead atoms. The number of aromatic nitrogens is 4. The lowest BCUT2D eigenvalue weighted by Crippen LogP contribution is -2.45. The van der Waals surface area contributed by atoms with Gasteiger partial charge >= 0.3 is 0 Å². The first kappa shape index (κ1) is 13.9. The first-order valence-electron chi connectivity index (χ1n) is 6.96. The van der Waals surface area contributed by atoms with Gasteiger partial charge in [-0.3, -0.25) is 4.79 Å². The second-order valence-corrected chi connectivity index (χ2v) is 5.16. The Morgan fingerprint density at radius 1 is 1.42 bits per heavy atom. The monoisotopic (exact) mass is 266 g/mol. The number of carbonyl (C=O) groups is 1. The van der Waals surface area contributed by atoms with Gasteiger partial charge in [0.2, 0.25) is 5.91 Å². The van der Waals surface area contributed by atoms with Crippen LogP contribution in [0.2, 0.25) is 0 Å². The minimum absolute atomic E-state index is 0.0922. The molecule has 1 saturated carbocycles. The lowest BCUT2D eigenvalue weighted by molar-refractivity contribution is -0.135. The normalized spacial score (nSPS) is 23.3. The summed E-state index contributed by atoms with van der Waals surface area (Å²) in [5.74, 6) is 0.0922. The number of tetrazole rings is 1. The topological polar surface area (TPSA) is 89.9 Å². The van der Waals surface area contributed by atoms with Crippen LogP contribution in [0.15, 0.2) is 6.33 Å². The first-order chi connectivity index (χ1) is 9.20. The van der Waals surface area contributed by atoms with E-state index in [1.54, 1.807) is 0 Å². The van der Waals surface area contributed by atoms with E-state index in [1.165, 1.54) is 11.0 Å². The van der Waals surface area contributed by atoms with E-state index in [1.807, 2.05) is 4.90 Å². The van der Waals surface area contributed by atoms with Gasteiger partial charge in [-0.2, -0.15) is 0 Å². The average molecular weight is 266 g/mol. The number of hydrogen-bond acceptors (Lipinski definition) is 5. The number of nitrogens with two attached hydrogens (primary N) is 1. The summed E-state index contributed by atoms with van der Waals surface area (Å²) in [5.41, 5.74) is 5.92. The van der Waals surface area contributed by atoms with E-state index >= 15 is 0 Å². The lowest BCUT2D eigenvalue weighted by atomic mass is 9.90. The van der Waals surface area contributed by atoms with Crippen molar-refractivity contribution in [1.29, 1.82) is 0 Å². The van der Waals surface area contributed by atoms with Crippen molar-refractivity contribution in [3.8, 4) is 0 Å². The Morgan fingerprint density at radius 2 is 2.16 bits per heavy atom. The van der Waals surface area contributed by atoms with Crippen molar-refractivity contribution >= 4 is 5.91 Å². The molecule has 1 aromatic rings. The van der Waals surface area contributed by atoms with Crippen LogP contribution in [-0.2, 0) is 11.3 Å². The van der Waals surface area contributed by atoms with Crippen LogP contribution in [0, 0.1) is 0 Å². The smallest absolute Gasteiger partial charge is 0.244 e. The molecule has 1 aliphatic carbocycles. The molecule has 0 aliphatic heterocycles. The van der Waals surface area contributed by atoms with Crippen molar-refractivity contribution in [2.45, 2.75) is 57.7 Å². The zero-order chi connectivity index (χ0) is 13.7. The maximum atomic E-state index is 12.4. The van der Waals surface area contributed by atoms with Gasteiger partial charge in [-0.15, -0.1) is 5.10 Å². The van der Waals surface area contributed by atoms with E-state index in [4.69, 9.17) is 5.73 Å². The predicted octanol–water partition coefficient (Wildman–Crippen LogP) is 0.182. The van der Waals surface area contributed by atoms with E-state index < -0.39 is 0 Å². The highest BCUT2D eigenvalue weighted by Gasteiger charge is 2.27. The zero-order valence-electron chi connectivity index (χ0n) is 11.4. The van der Waals surface area contributed by atoms with Gasteiger partial charge in [-0.05, 0) is 42.5 Å². The third-order valence-corrected chi connectivity index (χ3v) is 3.66. The van der Waals surface area contributed by atoms with Crippen molar-refractivity contribution in [3.05, 3.63) is 6.33 Å². The number of carbonyl (C=O) groups excluding carboxylic acids is 1. The second-order valence-electron chi connectivity index (χ2n) is 5.16. The SMILES string of the molecule is CCCN(C(=O)Cn1cnnn1)C1CCC(N)CC1. The minimum Gasteiger partial charge on any atom is -0.338 e. The fourth-order valence-corrected chi connectivity index (χ4v) is 2.65. The van der Waals surface area contributed by atoms with Crippen LogP contribution in [0.25, 0.3) is 0 Å². The molecule has 106 valence electrons. The molecule has 19 heavy (non-hydrogen) atoms. The number of amides is 1.